The number of hydrogen-bond acceptors (Lipinski definition) is 5. The zero-order chi connectivity index (χ0) is 22.1. The fourth-order valence-corrected chi connectivity index (χ4v) is 4.87. The highest BCUT2D eigenvalue weighted by molar-refractivity contribution is 7.22. The molecular formula is C26H24N2O3S. The number of fused-ring (bicyclic) bond motifs is 2. The molecule has 5 rings (SSSR count). The molecule has 0 bridgehead atoms. The Bertz CT molecular complexity index is 1250. The Labute approximate surface area is 191 Å². The van der Waals surface area contributed by atoms with Crippen LogP contribution >= 0.6 is 11.3 Å². The van der Waals surface area contributed by atoms with E-state index in [4.69, 9.17) is 14.5 Å². The number of benzene rings is 3. The van der Waals surface area contributed by atoms with Gasteiger partial charge in [0.25, 0.3) is 5.91 Å². The molecule has 32 heavy (non-hydrogen) atoms. The topological polar surface area (TPSA) is 51.7 Å². The first-order chi connectivity index (χ1) is 15.6. The Morgan fingerprint density at radius 3 is 2.56 bits per heavy atom. The van der Waals surface area contributed by atoms with Crippen LogP contribution < -0.4 is 14.4 Å². The number of amides is 1. The first kappa shape index (κ1) is 20.5. The van der Waals surface area contributed by atoms with Crippen molar-refractivity contribution < 1.29 is 14.3 Å². The molecule has 2 heterocycles. The lowest BCUT2D eigenvalue weighted by Gasteiger charge is -2.29. The number of anilines is 1. The predicted octanol–water partition coefficient (Wildman–Crippen LogP) is 5.79. The van der Waals surface area contributed by atoms with Crippen molar-refractivity contribution in [2.24, 2.45) is 0 Å². The van der Waals surface area contributed by atoms with Gasteiger partial charge in [0.1, 0.15) is 6.61 Å². The Morgan fingerprint density at radius 2 is 1.78 bits per heavy atom. The van der Waals surface area contributed by atoms with Gasteiger partial charge in [-0.2, -0.15) is 0 Å². The van der Waals surface area contributed by atoms with E-state index in [-0.39, 0.29) is 12.5 Å². The van der Waals surface area contributed by atoms with Crippen molar-refractivity contribution in [2.45, 2.75) is 32.4 Å². The number of nitrogens with zero attached hydrogens (tertiary/aromatic N) is 2. The van der Waals surface area contributed by atoms with Crippen LogP contribution in [0, 0.1) is 0 Å². The maximum absolute atomic E-state index is 13.7. The molecule has 1 unspecified atom stereocenters. The van der Waals surface area contributed by atoms with E-state index in [0.29, 0.717) is 29.1 Å². The van der Waals surface area contributed by atoms with E-state index < -0.39 is 6.10 Å². The van der Waals surface area contributed by atoms with Crippen molar-refractivity contribution >= 4 is 32.6 Å². The maximum atomic E-state index is 13.7. The summed E-state index contributed by atoms with van der Waals surface area (Å²) in [6.45, 7) is 4.90. The number of aromatic nitrogens is 1. The van der Waals surface area contributed by atoms with Crippen LogP contribution in [-0.4, -0.2) is 23.6 Å². The molecule has 0 fully saturated rings. The molecule has 5 nitrogen and oxygen atoms in total. The van der Waals surface area contributed by atoms with Gasteiger partial charge in [0.2, 0.25) is 6.10 Å². The highest BCUT2D eigenvalue weighted by atomic mass is 32.1. The first-order valence-electron chi connectivity index (χ1n) is 10.7. The minimum Gasteiger partial charge on any atom is -0.485 e. The molecule has 1 amide bonds. The number of rotatable bonds is 5. The normalized spacial score (nSPS) is 15.2. The highest BCUT2D eigenvalue weighted by Crippen LogP contribution is 2.36. The zero-order valence-corrected chi connectivity index (χ0v) is 18.8. The van der Waals surface area contributed by atoms with Crippen molar-refractivity contribution in [3.05, 3.63) is 83.9 Å². The van der Waals surface area contributed by atoms with Crippen LogP contribution in [0.25, 0.3) is 10.2 Å². The smallest absolute Gasteiger partial charge is 0.273 e. The molecule has 0 saturated carbocycles. The summed E-state index contributed by atoms with van der Waals surface area (Å²) in [5.41, 5.74) is 3.17. The zero-order valence-electron chi connectivity index (χ0n) is 18.0. The number of para-hydroxylation sites is 3. The molecule has 4 aromatic rings. The van der Waals surface area contributed by atoms with Gasteiger partial charge >= 0.3 is 0 Å². The molecule has 0 N–H and O–H groups in total. The van der Waals surface area contributed by atoms with Crippen LogP contribution in [-0.2, 0) is 11.3 Å². The third kappa shape index (κ3) is 3.94. The van der Waals surface area contributed by atoms with Crippen LogP contribution in [0.4, 0.5) is 5.13 Å². The second-order valence-corrected chi connectivity index (χ2v) is 9.13. The van der Waals surface area contributed by atoms with E-state index in [0.717, 1.165) is 15.8 Å². The quantitative estimate of drug-likeness (QED) is 0.391. The van der Waals surface area contributed by atoms with Gasteiger partial charge in [-0.15, -0.1) is 0 Å². The lowest BCUT2D eigenvalue weighted by Crippen LogP contribution is -2.46. The molecule has 1 aliphatic heterocycles. The Morgan fingerprint density at radius 1 is 1.03 bits per heavy atom. The number of carbonyl (C=O) groups excluding carboxylic acids is 1. The van der Waals surface area contributed by atoms with Crippen molar-refractivity contribution in [2.75, 3.05) is 11.5 Å². The Balaban J connectivity index is 1.52. The molecular weight excluding hydrogens is 420 g/mol. The third-order valence-corrected chi connectivity index (χ3v) is 6.57. The van der Waals surface area contributed by atoms with Gasteiger partial charge in [0.05, 0.1) is 16.8 Å². The van der Waals surface area contributed by atoms with Gasteiger partial charge in [-0.05, 0) is 35.2 Å². The summed E-state index contributed by atoms with van der Waals surface area (Å²) in [4.78, 5) is 20.3. The summed E-state index contributed by atoms with van der Waals surface area (Å²) in [5.74, 6) is 1.43. The Kier molecular flexibility index (Phi) is 5.53. The molecule has 6 heteroatoms. The summed E-state index contributed by atoms with van der Waals surface area (Å²) in [6, 6.07) is 23.6. The van der Waals surface area contributed by atoms with E-state index in [2.05, 4.69) is 32.0 Å². The summed E-state index contributed by atoms with van der Waals surface area (Å²) in [5, 5.41) is 0.671. The summed E-state index contributed by atoms with van der Waals surface area (Å²) in [6.07, 6.45) is -0.731. The average Bonchev–Trinajstić information content (AvgIpc) is 3.26. The third-order valence-electron chi connectivity index (χ3n) is 5.53. The largest absolute Gasteiger partial charge is 0.485 e. The van der Waals surface area contributed by atoms with Gasteiger partial charge in [-0.3, -0.25) is 9.69 Å². The summed E-state index contributed by atoms with van der Waals surface area (Å²) < 4.78 is 12.9. The van der Waals surface area contributed by atoms with Crippen molar-refractivity contribution in [1.82, 2.24) is 4.98 Å². The molecule has 0 spiro atoms. The standard InChI is InChI=1S/C26H24N2O3S/c1-17(2)19-11-8-14-23-24(19)27-26(32-23)28(15-18-9-4-3-5-10-18)25(29)22-16-30-20-12-6-7-13-21(20)31-22/h3-14,17,22H,15-16H2,1-2H3. The molecule has 3 aromatic carbocycles. The van der Waals surface area contributed by atoms with Gasteiger partial charge in [0, 0.05) is 0 Å². The minimum atomic E-state index is -0.731. The first-order valence-corrected chi connectivity index (χ1v) is 11.5. The average molecular weight is 445 g/mol. The predicted molar refractivity (Wildman–Crippen MR) is 128 cm³/mol. The van der Waals surface area contributed by atoms with Crippen molar-refractivity contribution in [3.63, 3.8) is 0 Å². The van der Waals surface area contributed by atoms with Gasteiger partial charge in [-0.25, -0.2) is 4.98 Å². The van der Waals surface area contributed by atoms with Gasteiger partial charge in [0.15, 0.2) is 16.6 Å². The molecule has 0 aliphatic carbocycles. The fraction of sp³-hybridized carbons (Fsp3) is 0.231. The van der Waals surface area contributed by atoms with E-state index in [1.165, 1.54) is 16.9 Å². The lowest BCUT2D eigenvalue weighted by molar-refractivity contribution is -0.127. The number of carbonyl (C=O) groups is 1. The summed E-state index contributed by atoms with van der Waals surface area (Å²) in [7, 11) is 0. The van der Waals surface area contributed by atoms with E-state index in [1.807, 2.05) is 54.6 Å². The van der Waals surface area contributed by atoms with Crippen LogP contribution in [0.1, 0.15) is 30.9 Å². The lowest BCUT2D eigenvalue weighted by atomic mass is 10.0. The number of ether oxygens (including phenoxy) is 2. The van der Waals surface area contributed by atoms with Gasteiger partial charge < -0.3 is 9.47 Å². The van der Waals surface area contributed by atoms with Crippen LogP contribution in [0.15, 0.2) is 72.8 Å². The monoisotopic (exact) mass is 444 g/mol. The number of thiazole rings is 1. The molecule has 0 radical (unpaired) electrons. The summed E-state index contributed by atoms with van der Waals surface area (Å²) >= 11 is 1.53. The van der Waals surface area contributed by atoms with Crippen LogP contribution in [0.3, 0.4) is 0 Å². The SMILES string of the molecule is CC(C)c1cccc2sc(N(Cc3ccccc3)C(=O)C3COc4ccccc4O3)nc12. The fourth-order valence-electron chi connectivity index (χ4n) is 3.86. The molecule has 1 atom stereocenters. The maximum Gasteiger partial charge on any atom is 0.273 e. The highest BCUT2D eigenvalue weighted by Gasteiger charge is 2.33. The van der Waals surface area contributed by atoms with Crippen molar-refractivity contribution in [3.8, 4) is 11.5 Å². The Hall–Kier alpha value is -3.38. The molecule has 0 saturated heterocycles. The van der Waals surface area contributed by atoms with E-state index >= 15 is 0 Å². The molecule has 1 aliphatic rings. The molecule has 1 aromatic heterocycles. The van der Waals surface area contributed by atoms with E-state index in [1.54, 1.807) is 4.90 Å². The van der Waals surface area contributed by atoms with Gasteiger partial charge in [-0.1, -0.05) is 79.8 Å². The second kappa shape index (κ2) is 8.63. The minimum absolute atomic E-state index is 0.159. The second-order valence-electron chi connectivity index (χ2n) is 8.12. The molecule has 162 valence electrons. The van der Waals surface area contributed by atoms with Crippen molar-refractivity contribution in [1.29, 1.82) is 0 Å². The number of hydrogen-bond donors (Lipinski definition) is 0. The van der Waals surface area contributed by atoms with Crippen LogP contribution in [0.5, 0.6) is 11.5 Å². The van der Waals surface area contributed by atoms with E-state index in [9.17, 15) is 4.79 Å². The van der Waals surface area contributed by atoms with Crippen LogP contribution in [0.2, 0.25) is 0 Å².